The maximum Gasteiger partial charge on any atom is 0.176 e. The molecule has 150 valence electrons. The first-order valence-electron chi connectivity index (χ1n) is 11.0. The lowest BCUT2D eigenvalue weighted by molar-refractivity contribution is 0.177. The van der Waals surface area contributed by atoms with Crippen molar-refractivity contribution >= 4 is 17.8 Å². The van der Waals surface area contributed by atoms with Crippen LogP contribution in [0, 0.1) is 10.8 Å². The quantitative estimate of drug-likeness (QED) is 0.367. The Morgan fingerprint density at radius 1 is 0.733 bits per heavy atom. The molecule has 0 unspecified atom stereocenters. The maximum absolute atomic E-state index is 5.00. The van der Waals surface area contributed by atoms with Gasteiger partial charge in [0.1, 0.15) is 5.65 Å². The lowest BCUT2D eigenvalue weighted by Crippen LogP contribution is -2.27. The second-order valence-electron chi connectivity index (χ2n) is 10.1. The fourth-order valence-corrected chi connectivity index (χ4v) is 5.07. The molecule has 0 spiro atoms. The van der Waals surface area contributed by atoms with Crippen molar-refractivity contribution in [2.75, 3.05) is 0 Å². The summed E-state index contributed by atoms with van der Waals surface area (Å²) in [5.74, 6) is 0. The average Bonchev–Trinajstić information content (AvgIpc) is 3.23. The molecular weight excluding hydrogens is 363 g/mol. The molecule has 2 aromatic heterocycles. The first-order chi connectivity index (χ1) is 14.4. The van der Waals surface area contributed by atoms with Gasteiger partial charge < -0.3 is 0 Å². The third-order valence-corrected chi connectivity index (χ3v) is 7.58. The number of fused-ring (bicyclic) bond motifs is 1. The van der Waals surface area contributed by atoms with E-state index in [0.29, 0.717) is 17.5 Å². The topological polar surface area (TPSA) is 17.3 Å². The van der Waals surface area contributed by atoms with Crippen LogP contribution in [-0.2, 0) is 0 Å². The van der Waals surface area contributed by atoms with Crippen LogP contribution in [0.4, 0.5) is 0 Å². The highest BCUT2D eigenvalue weighted by atomic mass is 15.0. The number of aromatic nitrogens is 2. The molecule has 1 aliphatic rings. The molecule has 0 radical (unpaired) electrons. The van der Waals surface area contributed by atoms with Crippen molar-refractivity contribution < 1.29 is 0 Å². The van der Waals surface area contributed by atoms with E-state index in [2.05, 4.69) is 105 Å². The van der Waals surface area contributed by atoms with Crippen molar-refractivity contribution in [1.82, 2.24) is 9.38 Å². The SMILES string of the molecule is CC1(C)CB(c2ccc(-c3nc4ccccn4c3-c3ccccc3)cc2)CC1(C)C. The number of rotatable bonds is 3. The lowest BCUT2D eigenvalue weighted by atomic mass is 9.42. The van der Waals surface area contributed by atoms with E-state index in [1.54, 1.807) is 0 Å². The lowest BCUT2D eigenvalue weighted by Gasteiger charge is -2.35. The van der Waals surface area contributed by atoms with Gasteiger partial charge in [-0.25, -0.2) is 4.98 Å². The second-order valence-corrected chi connectivity index (χ2v) is 10.1. The van der Waals surface area contributed by atoms with Crippen LogP contribution in [0.5, 0.6) is 0 Å². The smallest absolute Gasteiger partial charge is 0.176 e. The van der Waals surface area contributed by atoms with E-state index in [1.165, 1.54) is 29.2 Å². The van der Waals surface area contributed by atoms with Crippen molar-refractivity contribution in [3.8, 4) is 22.5 Å². The molecule has 0 amide bonds. The van der Waals surface area contributed by atoms with Gasteiger partial charge in [0.2, 0.25) is 0 Å². The van der Waals surface area contributed by atoms with Crippen LogP contribution in [0.3, 0.4) is 0 Å². The molecule has 4 aromatic rings. The molecule has 1 fully saturated rings. The van der Waals surface area contributed by atoms with E-state index in [1.807, 2.05) is 6.07 Å². The van der Waals surface area contributed by atoms with Gasteiger partial charge in [0.25, 0.3) is 0 Å². The number of pyridine rings is 1. The Morgan fingerprint density at radius 3 is 2.03 bits per heavy atom. The summed E-state index contributed by atoms with van der Waals surface area (Å²) in [6, 6.07) is 26.0. The maximum atomic E-state index is 5.00. The highest BCUT2D eigenvalue weighted by Gasteiger charge is 2.47. The summed E-state index contributed by atoms with van der Waals surface area (Å²) in [5.41, 5.74) is 7.76. The minimum absolute atomic E-state index is 0.373. The fraction of sp³-hybridized carbons (Fsp3) is 0.296. The highest BCUT2D eigenvalue weighted by molar-refractivity contribution is 6.74. The van der Waals surface area contributed by atoms with Gasteiger partial charge in [0.15, 0.2) is 6.71 Å². The Balaban J connectivity index is 1.56. The number of hydrogen-bond acceptors (Lipinski definition) is 1. The first-order valence-corrected chi connectivity index (χ1v) is 11.0. The summed E-state index contributed by atoms with van der Waals surface area (Å²) in [7, 11) is 0. The zero-order valence-corrected chi connectivity index (χ0v) is 18.4. The predicted octanol–water partition coefficient (Wildman–Crippen LogP) is 6.44. The fourth-order valence-electron chi connectivity index (χ4n) is 5.07. The molecular formula is C27H29BN2. The molecule has 3 heterocycles. The van der Waals surface area contributed by atoms with E-state index < -0.39 is 0 Å². The molecule has 5 rings (SSSR count). The Morgan fingerprint density at radius 2 is 1.37 bits per heavy atom. The summed E-state index contributed by atoms with van der Waals surface area (Å²) in [6.45, 7) is 10.3. The number of imidazole rings is 1. The second kappa shape index (κ2) is 6.87. The van der Waals surface area contributed by atoms with E-state index in [0.717, 1.165) is 17.0 Å². The van der Waals surface area contributed by atoms with Crippen LogP contribution in [0.2, 0.25) is 12.6 Å². The van der Waals surface area contributed by atoms with Gasteiger partial charge in [-0.3, -0.25) is 4.40 Å². The average molecular weight is 392 g/mol. The predicted molar refractivity (Wildman–Crippen MR) is 129 cm³/mol. The van der Waals surface area contributed by atoms with Crippen molar-refractivity contribution in [2.45, 2.75) is 40.3 Å². The molecule has 0 aliphatic carbocycles. The van der Waals surface area contributed by atoms with Crippen molar-refractivity contribution in [3.63, 3.8) is 0 Å². The van der Waals surface area contributed by atoms with Gasteiger partial charge in [0, 0.05) is 17.3 Å². The number of benzene rings is 2. The number of nitrogens with zero attached hydrogens (tertiary/aromatic N) is 2. The summed E-state index contributed by atoms with van der Waals surface area (Å²) < 4.78 is 2.20. The van der Waals surface area contributed by atoms with Crippen molar-refractivity contribution in [2.24, 2.45) is 10.8 Å². The van der Waals surface area contributed by atoms with E-state index in [9.17, 15) is 0 Å². The van der Waals surface area contributed by atoms with Crippen molar-refractivity contribution in [1.29, 1.82) is 0 Å². The molecule has 2 aromatic carbocycles. The minimum atomic E-state index is 0.373. The van der Waals surface area contributed by atoms with Gasteiger partial charge in [-0.05, 0) is 23.0 Å². The monoisotopic (exact) mass is 392 g/mol. The summed E-state index contributed by atoms with van der Waals surface area (Å²) >= 11 is 0. The minimum Gasteiger partial charge on any atom is -0.299 e. The van der Waals surface area contributed by atoms with Crippen LogP contribution in [0.25, 0.3) is 28.2 Å². The Kier molecular flexibility index (Phi) is 4.39. The Labute approximate surface area is 180 Å². The van der Waals surface area contributed by atoms with E-state index >= 15 is 0 Å². The van der Waals surface area contributed by atoms with Crippen LogP contribution in [-0.4, -0.2) is 16.1 Å². The first kappa shape index (κ1) is 19.2. The Bertz CT molecular complexity index is 1170. The summed E-state index contributed by atoms with van der Waals surface area (Å²) in [4.78, 5) is 5.00. The van der Waals surface area contributed by atoms with Crippen LogP contribution >= 0.6 is 0 Å². The van der Waals surface area contributed by atoms with E-state index in [-0.39, 0.29) is 0 Å². The van der Waals surface area contributed by atoms with Gasteiger partial charge in [0.05, 0.1) is 11.4 Å². The van der Waals surface area contributed by atoms with Crippen LogP contribution in [0.15, 0.2) is 79.0 Å². The molecule has 0 saturated carbocycles. The molecule has 3 heteroatoms. The molecule has 0 atom stereocenters. The molecule has 0 N–H and O–H groups in total. The molecule has 1 saturated heterocycles. The molecule has 0 bridgehead atoms. The molecule has 30 heavy (non-hydrogen) atoms. The summed E-state index contributed by atoms with van der Waals surface area (Å²) in [6.07, 6.45) is 4.61. The third kappa shape index (κ3) is 3.08. The molecule has 1 aliphatic heterocycles. The standard InChI is InChI=1S/C27H29BN2/c1-26(2)18-28(19-27(26,3)4)22-15-13-20(14-16-22)24-25(21-10-6-5-7-11-21)30-17-9-8-12-23(30)29-24/h5-17H,18-19H2,1-4H3. The van der Waals surface area contributed by atoms with Gasteiger partial charge >= 0.3 is 0 Å². The normalized spacial score (nSPS) is 17.5. The Hall–Kier alpha value is -2.81. The van der Waals surface area contributed by atoms with Crippen LogP contribution in [0.1, 0.15) is 27.7 Å². The van der Waals surface area contributed by atoms with Gasteiger partial charge in [-0.2, -0.15) is 0 Å². The third-order valence-electron chi connectivity index (χ3n) is 7.58. The highest BCUT2D eigenvalue weighted by Crippen LogP contribution is 2.52. The van der Waals surface area contributed by atoms with Gasteiger partial charge in [-0.15, -0.1) is 0 Å². The zero-order valence-electron chi connectivity index (χ0n) is 18.4. The summed E-state index contributed by atoms with van der Waals surface area (Å²) in [5, 5.41) is 0. The molecule has 2 nitrogen and oxygen atoms in total. The van der Waals surface area contributed by atoms with Crippen LogP contribution < -0.4 is 5.46 Å². The van der Waals surface area contributed by atoms with Crippen molar-refractivity contribution in [3.05, 3.63) is 79.0 Å². The largest absolute Gasteiger partial charge is 0.299 e. The zero-order chi connectivity index (χ0) is 20.9. The van der Waals surface area contributed by atoms with Gasteiger partial charge in [-0.1, -0.05) is 106 Å². The number of hydrogen-bond donors (Lipinski definition) is 0. The van der Waals surface area contributed by atoms with E-state index in [4.69, 9.17) is 4.98 Å².